The number of carbonyl (C=O) groups is 2. The fourth-order valence-corrected chi connectivity index (χ4v) is 5.08. The third kappa shape index (κ3) is 5.92. The van der Waals surface area contributed by atoms with E-state index < -0.39 is 10.0 Å². The molecule has 0 bridgehead atoms. The molecule has 0 unspecified atom stereocenters. The van der Waals surface area contributed by atoms with Crippen molar-refractivity contribution < 1.29 is 18.0 Å². The summed E-state index contributed by atoms with van der Waals surface area (Å²) in [5, 5.41) is 5.66. The van der Waals surface area contributed by atoms with Crippen molar-refractivity contribution in [1.29, 1.82) is 0 Å². The summed E-state index contributed by atoms with van der Waals surface area (Å²) in [5.74, 6) is -0.223. The van der Waals surface area contributed by atoms with Crippen molar-refractivity contribution in [3.8, 4) is 0 Å². The van der Waals surface area contributed by atoms with Gasteiger partial charge in [-0.15, -0.1) is 0 Å². The first-order valence-electron chi connectivity index (χ1n) is 10.4. The lowest BCUT2D eigenvalue weighted by Gasteiger charge is -2.14. The van der Waals surface area contributed by atoms with Crippen LogP contribution in [0.3, 0.4) is 0 Å². The molecule has 0 aliphatic heterocycles. The summed E-state index contributed by atoms with van der Waals surface area (Å²) >= 11 is 0. The lowest BCUT2D eigenvalue weighted by molar-refractivity contribution is -0.117. The van der Waals surface area contributed by atoms with Crippen LogP contribution in [0.15, 0.2) is 35.2 Å². The molecule has 1 aliphatic rings. The number of amides is 2. The van der Waals surface area contributed by atoms with Crippen LogP contribution in [-0.2, 0) is 19.6 Å². The van der Waals surface area contributed by atoms with Gasteiger partial charge in [0.1, 0.15) is 0 Å². The van der Waals surface area contributed by atoms with Crippen LogP contribution in [0.5, 0.6) is 0 Å². The van der Waals surface area contributed by atoms with Crippen LogP contribution in [-0.4, -0.2) is 26.8 Å². The summed E-state index contributed by atoms with van der Waals surface area (Å²) < 4.78 is 27.9. The predicted molar refractivity (Wildman–Crippen MR) is 122 cm³/mol. The summed E-state index contributed by atoms with van der Waals surface area (Å²) in [5.41, 5.74) is 4.42. The molecular weight excluding hydrogens is 414 g/mol. The van der Waals surface area contributed by atoms with E-state index in [1.807, 2.05) is 32.0 Å². The first-order valence-corrected chi connectivity index (χ1v) is 11.8. The van der Waals surface area contributed by atoms with Gasteiger partial charge in [-0.2, -0.15) is 0 Å². The third-order valence-electron chi connectivity index (χ3n) is 5.24. The third-order valence-corrected chi connectivity index (χ3v) is 7.01. The molecule has 0 saturated heterocycles. The molecule has 7 nitrogen and oxygen atoms in total. The average Bonchev–Trinajstić information content (AvgIpc) is 3.48. The maximum atomic E-state index is 12.7. The molecule has 2 amide bonds. The van der Waals surface area contributed by atoms with Crippen LogP contribution in [0.1, 0.15) is 41.5 Å². The molecule has 8 heteroatoms. The van der Waals surface area contributed by atoms with Crippen LogP contribution in [0.4, 0.5) is 11.4 Å². The Bertz CT molecular complexity index is 1100. The van der Waals surface area contributed by atoms with E-state index in [1.165, 1.54) is 0 Å². The lowest BCUT2D eigenvalue weighted by Crippen LogP contribution is -2.29. The number of carbonyl (C=O) groups excluding carboxylic acids is 2. The zero-order valence-electron chi connectivity index (χ0n) is 18.3. The quantitative estimate of drug-likeness (QED) is 0.580. The molecular formula is C23H29N3O4S. The van der Waals surface area contributed by atoms with Crippen molar-refractivity contribution in [2.75, 3.05) is 17.2 Å². The second-order valence-corrected chi connectivity index (χ2v) is 9.92. The summed E-state index contributed by atoms with van der Waals surface area (Å²) in [6, 6.07) is 8.99. The molecule has 0 aromatic heterocycles. The van der Waals surface area contributed by atoms with E-state index in [9.17, 15) is 18.0 Å². The van der Waals surface area contributed by atoms with Crippen molar-refractivity contribution >= 4 is 33.2 Å². The topological polar surface area (TPSA) is 104 Å². The number of nitrogens with one attached hydrogen (secondary N) is 3. The summed E-state index contributed by atoms with van der Waals surface area (Å²) in [6.07, 6.45) is 1.82. The predicted octanol–water partition coefficient (Wildman–Crippen LogP) is 3.58. The smallest absolute Gasteiger partial charge is 0.241 e. The van der Waals surface area contributed by atoms with E-state index in [1.54, 1.807) is 26.0 Å². The number of rotatable bonds is 8. The Morgan fingerprint density at radius 2 is 1.58 bits per heavy atom. The van der Waals surface area contributed by atoms with E-state index >= 15 is 0 Å². The van der Waals surface area contributed by atoms with Crippen molar-refractivity contribution in [2.24, 2.45) is 5.92 Å². The second kappa shape index (κ2) is 9.20. The molecule has 1 fully saturated rings. The number of benzene rings is 2. The molecule has 3 N–H and O–H groups in total. The molecule has 2 aromatic rings. The van der Waals surface area contributed by atoms with Gasteiger partial charge in [0, 0.05) is 30.3 Å². The molecule has 3 rings (SSSR count). The zero-order valence-corrected chi connectivity index (χ0v) is 19.2. The van der Waals surface area contributed by atoms with Crippen LogP contribution < -0.4 is 15.4 Å². The summed E-state index contributed by atoms with van der Waals surface area (Å²) in [4.78, 5) is 24.6. The van der Waals surface area contributed by atoms with Gasteiger partial charge in [0.05, 0.1) is 4.90 Å². The SMILES string of the molecule is Cc1cc(C)c(S(=O)(=O)NCCC(=O)Nc2cc(NC(=O)C3CC3)ccc2C)c(C)c1. The van der Waals surface area contributed by atoms with E-state index in [-0.39, 0.29) is 35.6 Å². The summed E-state index contributed by atoms with van der Waals surface area (Å²) in [7, 11) is -3.72. The van der Waals surface area contributed by atoms with Gasteiger partial charge >= 0.3 is 0 Å². The molecule has 2 aromatic carbocycles. The van der Waals surface area contributed by atoms with Gasteiger partial charge in [0.2, 0.25) is 21.8 Å². The molecule has 1 saturated carbocycles. The Kier molecular flexibility index (Phi) is 6.81. The number of aryl methyl sites for hydroxylation is 4. The van der Waals surface area contributed by atoms with Gasteiger partial charge in [-0.05, 0) is 69.4 Å². The highest BCUT2D eigenvalue weighted by atomic mass is 32.2. The largest absolute Gasteiger partial charge is 0.326 e. The van der Waals surface area contributed by atoms with Crippen molar-refractivity contribution in [3.05, 3.63) is 52.6 Å². The van der Waals surface area contributed by atoms with Gasteiger partial charge in [-0.25, -0.2) is 13.1 Å². The average molecular weight is 444 g/mol. The van der Waals surface area contributed by atoms with E-state index in [0.717, 1.165) is 24.0 Å². The van der Waals surface area contributed by atoms with Crippen molar-refractivity contribution in [2.45, 2.75) is 51.9 Å². The Morgan fingerprint density at radius 1 is 0.935 bits per heavy atom. The minimum atomic E-state index is -3.72. The van der Waals surface area contributed by atoms with Crippen LogP contribution >= 0.6 is 0 Å². The van der Waals surface area contributed by atoms with Gasteiger partial charge in [-0.3, -0.25) is 9.59 Å². The second-order valence-electron chi connectivity index (χ2n) is 8.22. The lowest BCUT2D eigenvalue weighted by atomic mass is 10.1. The Morgan fingerprint density at radius 3 is 2.19 bits per heavy atom. The Balaban J connectivity index is 1.58. The molecule has 0 atom stereocenters. The molecule has 0 radical (unpaired) electrons. The van der Waals surface area contributed by atoms with E-state index in [4.69, 9.17) is 0 Å². The molecule has 0 heterocycles. The fraction of sp³-hybridized carbons (Fsp3) is 0.391. The fourth-order valence-electron chi connectivity index (χ4n) is 3.60. The maximum Gasteiger partial charge on any atom is 0.241 e. The van der Waals surface area contributed by atoms with Crippen LogP contribution in [0.25, 0.3) is 0 Å². The maximum absolute atomic E-state index is 12.7. The molecule has 166 valence electrons. The minimum absolute atomic E-state index is 0.00257. The van der Waals surface area contributed by atoms with Crippen LogP contribution in [0.2, 0.25) is 0 Å². The van der Waals surface area contributed by atoms with Crippen molar-refractivity contribution in [3.63, 3.8) is 0 Å². The van der Waals surface area contributed by atoms with Crippen molar-refractivity contribution in [1.82, 2.24) is 4.72 Å². The van der Waals surface area contributed by atoms with Gasteiger partial charge in [0.15, 0.2) is 0 Å². The Hall–Kier alpha value is -2.71. The number of hydrogen-bond donors (Lipinski definition) is 3. The standard InChI is InChI=1S/C23H29N3O4S/c1-14-11-16(3)22(17(4)12-14)31(29,30)24-10-9-21(27)26-20-13-19(8-5-15(20)2)25-23(28)18-6-7-18/h5,8,11-13,18,24H,6-7,9-10H2,1-4H3,(H,25,28)(H,26,27). The van der Waals surface area contributed by atoms with Gasteiger partial charge in [0.25, 0.3) is 0 Å². The minimum Gasteiger partial charge on any atom is -0.326 e. The van der Waals surface area contributed by atoms with Crippen LogP contribution in [0, 0.1) is 33.6 Å². The monoisotopic (exact) mass is 443 g/mol. The highest BCUT2D eigenvalue weighted by Gasteiger charge is 2.29. The first kappa shape index (κ1) is 23.0. The number of anilines is 2. The Labute approximate surface area is 183 Å². The first-order chi connectivity index (χ1) is 14.6. The normalized spacial score (nSPS) is 13.7. The number of sulfonamides is 1. The number of hydrogen-bond acceptors (Lipinski definition) is 4. The highest BCUT2D eigenvalue weighted by Crippen LogP contribution is 2.31. The summed E-state index contributed by atoms with van der Waals surface area (Å²) in [6.45, 7) is 7.28. The zero-order chi connectivity index (χ0) is 22.8. The molecule has 31 heavy (non-hydrogen) atoms. The van der Waals surface area contributed by atoms with E-state index in [2.05, 4.69) is 15.4 Å². The highest BCUT2D eigenvalue weighted by molar-refractivity contribution is 7.89. The molecule has 0 spiro atoms. The van der Waals surface area contributed by atoms with Gasteiger partial charge < -0.3 is 10.6 Å². The van der Waals surface area contributed by atoms with Gasteiger partial charge in [-0.1, -0.05) is 23.8 Å². The van der Waals surface area contributed by atoms with E-state index in [0.29, 0.717) is 22.5 Å². The molecule has 1 aliphatic carbocycles.